The first-order valence-electron chi connectivity index (χ1n) is 6.21. The SMILES string of the molecule is CCn1cncc1COc1ccc([C@H](C)O)cc1F. The Hall–Kier alpha value is -1.88. The van der Waals surface area contributed by atoms with Crippen molar-refractivity contribution in [3.8, 4) is 5.75 Å². The van der Waals surface area contributed by atoms with Crippen molar-refractivity contribution in [1.82, 2.24) is 9.55 Å². The molecule has 0 unspecified atom stereocenters. The largest absolute Gasteiger partial charge is 0.484 e. The molecule has 1 aromatic carbocycles. The van der Waals surface area contributed by atoms with E-state index >= 15 is 0 Å². The van der Waals surface area contributed by atoms with Gasteiger partial charge in [-0.2, -0.15) is 0 Å². The van der Waals surface area contributed by atoms with E-state index < -0.39 is 11.9 Å². The van der Waals surface area contributed by atoms with Crippen LogP contribution in [-0.2, 0) is 13.2 Å². The maximum absolute atomic E-state index is 13.8. The highest BCUT2D eigenvalue weighted by atomic mass is 19.1. The summed E-state index contributed by atoms with van der Waals surface area (Å²) >= 11 is 0. The summed E-state index contributed by atoms with van der Waals surface area (Å²) in [4.78, 5) is 4.02. The minimum Gasteiger partial charge on any atom is -0.484 e. The van der Waals surface area contributed by atoms with Crippen LogP contribution in [0.15, 0.2) is 30.7 Å². The number of aliphatic hydroxyl groups is 1. The number of hydrogen-bond donors (Lipinski definition) is 1. The molecule has 2 aromatic rings. The number of rotatable bonds is 5. The maximum Gasteiger partial charge on any atom is 0.165 e. The number of benzene rings is 1. The number of aliphatic hydroxyl groups excluding tert-OH is 1. The predicted molar refractivity (Wildman–Crippen MR) is 69.3 cm³/mol. The smallest absolute Gasteiger partial charge is 0.165 e. The lowest BCUT2D eigenvalue weighted by molar-refractivity contribution is 0.198. The van der Waals surface area contributed by atoms with E-state index in [4.69, 9.17) is 4.74 Å². The second-order valence-corrected chi connectivity index (χ2v) is 4.33. The van der Waals surface area contributed by atoms with Crippen molar-refractivity contribution < 1.29 is 14.2 Å². The summed E-state index contributed by atoms with van der Waals surface area (Å²) in [5, 5.41) is 9.37. The van der Waals surface area contributed by atoms with Crippen LogP contribution < -0.4 is 4.74 Å². The quantitative estimate of drug-likeness (QED) is 0.903. The molecule has 0 amide bonds. The molecule has 2 rings (SSSR count). The zero-order valence-corrected chi connectivity index (χ0v) is 11.0. The maximum atomic E-state index is 13.8. The van der Waals surface area contributed by atoms with Crippen LogP contribution in [0.4, 0.5) is 4.39 Å². The standard InChI is InChI=1S/C14H17FN2O2/c1-3-17-9-16-7-12(17)8-19-14-5-4-11(10(2)18)6-13(14)15/h4-7,9-10,18H,3,8H2,1-2H3/t10-/m0/s1. The molecule has 19 heavy (non-hydrogen) atoms. The molecule has 1 atom stereocenters. The fourth-order valence-electron chi connectivity index (χ4n) is 1.80. The Kier molecular flexibility index (Phi) is 4.16. The topological polar surface area (TPSA) is 47.3 Å². The summed E-state index contributed by atoms with van der Waals surface area (Å²) in [5.41, 5.74) is 1.42. The van der Waals surface area contributed by atoms with E-state index in [1.165, 1.54) is 12.1 Å². The van der Waals surface area contributed by atoms with Crippen molar-refractivity contribution in [1.29, 1.82) is 0 Å². The molecule has 1 aromatic heterocycles. The third-order valence-electron chi connectivity index (χ3n) is 2.95. The van der Waals surface area contributed by atoms with Crippen LogP contribution in [0.25, 0.3) is 0 Å². The molecule has 0 spiro atoms. The van der Waals surface area contributed by atoms with E-state index in [2.05, 4.69) is 4.98 Å². The number of hydrogen-bond acceptors (Lipinski definition) is 3. The van der Waals surface area contributed by atoms with Gasteiger partial charge in [-0.25, -0.2) is 9.37 Å². The highest BCUT2D eigenvalue weighted by Crippen LogP contribution is 2.22. The highest BCUT2D eigenvalue weighted by molar-refractivity contribution is 5.30. The van der Waals surface area contributed by atoms with Crippen LogP contribution in [0.3, 0.4) is 0 Å². The molecule has 102 valence electrons. The van der Waals surface area contributed by atoms with Crippen LogP contribution in [0.1, 0.15) is 31.2 Å². The summed E-state index contributed by atoms with van der Waals surface area (Å²) in [6, 6.07) is 4.47. The van der Waals surface area contributed by atoms with Crippen molar-refractivity contribution >= 4 is 0 Å². The molecule has 1 N–H and O–H groups in total. The number of halogens is 1. The number of aryl methyl sites for hydroxylation is 1. The summed E-state index contributed by atoms with van der Waals surface area (Å²) in [5.74, 6) is -0.297. The monoisotopic (exact) mass is 264 g/mol. The van der Waals surface area contributed by atoms with Gasteiger partial charge in [0.05, 0.1) is 24.3 Å². The summed E-state index contributed by atoms with van der Waals surface area (Å²) in [7, 11) is 0. The Morgan fingerprint density at radius 3 is 2.89 bits per heavy atom. The van der Waals surface area contributed by atoms with Crippen LogP contribution in [0, 0.1) is 5.82 Å². The van der Waals surface area contributed by atoms with Gasteiger partial charge in [-0.1, -0.05) is 6.07 Å². The van der Waals surface area contributed by atoms with Crippen LogP contribution in [0.5, 0.6) is 5.75 Å². The van der Waals surface area contributed by atoms with E-state index in [1.807, 2.05) is 11.5 Å². The lowest BCUT2D eigenvalue weighted by Crippen LogP contribution is -2.05. The Morgan fingerprint density at radius 2 is 2.26 bits per heavy atom. The van der Waals surface area contributed by atoms with Gasteiger partial charge in [0.1, 0.15) is 6.61 Å². The fourth-order valence-corrected chi connectivity index (χ4v) is 1.80. The van der Waals surface area contributed by atoms with Gasteiger partial charge in [-0.15, -0.1) is 0 Å². The van der Waals surface area contributed by atoms with Crippen molar-refractivity contribution in [2.24, 2.45) is 0 Å². The van der Waals surface area contributed by atoms with Crippen molar-refractivity contribution in [2.45, 2.75) is 33.1 Å². The van der Waals surface area contributed by atoms with E-state index in [9.17, 15) is 9.50 Å². The van der Waals surface area contributed by atoms with E-state index in [-0.39, 0.29) is 12.4 Å². The van der Waals surface area contributed by atoms with Gasteiger partial charge in [0, 0.05) is 6.54 Å². The van der Waals surface area contributed by atoms with Crippen molar-refractivity contribution in [3.63, 3.8) is 0 Å². The molecule has 1 heterocycles. The van der Waals surface area contributed by atoms with Crippen LogP contribution in [0.2, 0.25) is 0 Å². The highest BCUT2D eigenvalue weighted by Gasteiger charge is 2.09. The Bertz CT molecular complexity index is 552. The van der Waals surface area contributed by atoms with Crippen molar-refractivity contribution in [3.05, 3.63) is 47.8 Å². The molecule has 5 heteroatoms. The molecule has 0 bridgehead atoms. The Balaban J connectivity index is 2.08. The average Bonchev–Trinajstić information content (AvgIpc) is 2.84. The zero-order chi connectivity index (χ0) is 13.8. The molecular formula is C14H17FN2O2. The lowest BCUT2D eigenvalue weighted by Gasteiger charge is -2.10. The van der Waals surface area contributed by atoms with Gasteiger partial charge >= 0.3 is 0 Å². The normalized spacial score (nSPS) is 12.4. The van der Waals surface area contributed by atoms with Crippen molar-refractivity contribution in [2.75, 3.05) is 0 Å². The zero-order valence-electron chi connectivity index (χ0n) is 11.0. The third kappa shape index (κ3) is 3.12. The third-order valence-corrected chi connectivity index (χ3v) is 2.95. The average molecular weight is 264 g/mol. The van der Waals surface area contributed by atoms with Gasteiger partial charge in [0.2, 0.25) is 0 Å². The lowest BCUT2D eigenvalue weighted by atomic mass is 10.1. The molecule has 0 fully saturated rings. The predicted octanol–water partition coefficient (Wildman–Crippen LogP) is 2.67. The van der Waals surface area contributed by atoms with Gasteiger partial charge in [-0.3, -0.25) is 0 Å². The first-order chi connectivity index (χ1) is 9.11. The van der Waals surface area contributed by atoms with Crippen LogP contribution >= 0.6 is 0 Å². The first kappa shape index (κ1) is 13.5. The Morgan fingerprint density at radius 1 is 1.47 bits per heavy atom. The molecule has 0 aliphatic rings. The second-order valence-electron chi connectivity index (χ2n) is 4.33. The Labute approximate surface area is 111 Å². The summed E-state index contributed by atoms with van der Waals surface area (Å²) in [6.45, 7) is 4.65. The first-order valence-corrected chi connectivity index (χ1v) is 6.21. The minimum atomic E-state index is -0.690. The van der Waals surface area contributed by atoms with Gasteiger partial charge < -0.3 is 14.4 Å². The molecule has 0 aliphatic heterocycles. The van der Waals surface area contributed by atoms with Gasteiger partial charge in [0.25, 0.3) is 0 Å². The van der Waals surface area contributed by atoms with E-state index in [0.29, 0.717) is 5.56 Å². The summed E-state index contributed by atoms with van der Waals surface area (Å²) < 4.78 is 21.1. The second kappa shape index (κ2) is 5.84. The number of aromatic nitrogens is 2. The fraction of sp³-hybridized carbons (Fsp3) is 0.357. The molecular weight excluding hydrogens is 247 g/mol. The van der Waals surface area contributed by atoms with E-state index in [0.717, 1.165) is 12.2 Å². The summed E-state index contributed by atoms with van der Waals surface area (Å²) in [6.07, 6.45) is 2.72. The molecule has 0 saturated carbocycles. The molecule has 0 saturated heterocycles. The van der Waals surface area contributed by atoms with Gasteiger partial charge in [-0.05, 0) is 31.5 Å². The van der Waals surface area contributed by atoms with Gasteiger partial charge in [0.15, 0.2) is 11.6 Å². The minimum absolute atomic E-state index is 0.174. The van der Waals surface area contributed by atoms with Crippen LogP contribution in [-0.4, -0.2) is 14.7 Å². The van der Waals surface area contributed by atoms with E-state index in [1.54, 1.807) is 25.5 Å². The number of ether oxygens (including phenoxy) is 1. The number of imidazole rings is 1. The molecule has 0 aliphatic carbocycles. The molecule has 0 radical (unpaired) electrons. The molecule has 4 nitrogen and oxygen atoms in total. The number of nitrogens with zero attached hydrogens (tertiary/aromatic N) is 2.